The van der Waals surface area contributed by atoms with E-state index in [0.29, 0.717) is 23.7 Å². The number of aromatic amines is 1. The number of rotatable bonds is 9. The minimum absolute atomic E-state index is 0.0574. The molecule has 1 heterocycles. The average molecular weight is 496 g/mol. The summed E-state index contributed by atoms with van der Waals surface area (Å²) in [6, 6.07) is 14.6. The van der Waals surface area contributed by atoms with Gasteiger partial charge in [-0.1, -0.05) is 43.7 Å². The van der Waals surface area contributed by atoms with Crippen LogP contribution in [-0.2, 0) is 0 Å². The minimum Gasteiger partial charge on any atom is -0.493 e. The van der Waals surface area contributed by atoms with Crippen LogP contribution in [0.4, 0.5) is 5.95 Å². The number of hydrazone groups is 1. The topological polar surface area (TPSA) is 112 Å². The highest BCUT2D eigenvalue weighted by Gasteiger charge is 2.13. The lowest BCUT2D eigenvalue weighted by Gasteiger charge is -2.13. The summed E-state index contributed by atoms with van der Waals surface area (Å²) >= 11 is 3.51. The van der Waals surface area contributed by atoms with Gasteiger partial charge in [0.05, 0.1) is 30.1 Å². The van der Waals surface area contributed by atoms with E-state index >= 15 is 0 Å². The van der Waals surface area contributed by atoms with E-state index in [-0.39, 0.29) is 17.2 Å². The van der Waals surface area contributed by atoms with Crippen LogP contribution in [0, 0.1) is 11.3 Å². The maximum Gasteiger partial charge on any atom is 0.270 e. The zero-order chi connectivity index (χ0) is 22.9. The lowest BCUT2D eigenvalue weighted by molar-refractivity contribution is 0.286. The Balaban J connectivity index is 1.83. The zero-order valence-corrected chi connectivity index (χ0v) is 19.3. The molecule has 8 nitrogen and oxygen atoms in total. The molecule has 3 rings (SSSR count). The van der Waals surface area contributed by atoms with Crippen LogP contribution >= 0.6 is 15.9 Å². The van der Waals surface area contributed by atoms with Crippen LogP contribution in [0.25, 0.3) is 11.3 Å². The first-order chi connectivity index (χ1) is 15.6. The molecule has 0 amide bonds. The Hall–Kier alpha value is -3.64. The molecule has 0 fully saturated rings. The Morgan fingerprint density at radius 1 is 1.31 bits per heavy atom. The van der Waals surface area contributed by atoms with Crippen molar-refractivity contribution in [3.8, 4) is 28.8 Å². The summed E-state index contributed by atoms with van der Waals surface area (Å²) in [5.74, 6) is 1.33. The number of nitrogens with one attached hydrogen (secondary N) is 2. The number of H-pyrrole nitrogens is 1. The van der Waals surface area contributed by atoms with Crippen LogP contribution in [0.3, 0.4) is 0 Å². The molecule has 2 N–H and O–H groups in total. The summed E-state index contributed by atoms with van der Waals surface area (Å²) in [6.45, 7) is 2.70. The third-order valence-electron chi connectivity index (χ3n) is 4.46. The van der Waals surface area contributed by atoms with Crippen molar-refractivity contribution in [3.63, 3.8) is 0 Å². The third kappa shape index (κ3) is 5.53. The summed E-state index contributed by atoms with van der Waals surface area (Å²) in [6.07, 6.45) is 3.54. The maximum absolute atomic E-state index is 12.3. The van der Waals surface area contributed by atoms with Gasteiger partial charge >= 0.3 is 0 Å². The Labute approximate surface area is 194 Å². The summed E-state index contributed by atoms with van der Waals surface area (Å²) in [5, 5.41) is 13.5. The van der Waals surface area contributed by atoms with E-state index in [1.807, 2.05) is 30.3 Å². The van der Waals surface area contributed by atoms with Crippen molar-refractivity contribution in [2.45, 2.75) is 19.8 Å². The van der Waals surface area contributed by atoms with Gasteiger partial charge in [-0.3, -0.25) is 9.78 Å². The minimum atomic E-state index is -0.544. The Bertz CT molecular complexity index is 1200. The van der Waals surface area contributed by atoms with Crippen molar-refractivity contribution in [2.75, 3.05) is 19.1 Å². The fraction of sp³-hybridized carbons (Fsp3) is 0.217. The highest BCUT2D eigenvalue weighted by atomic mass is 79.9. The van der Waals surface area contributed by atoms with E-state index in [0.717, 1.165) is 22.9 Å². The molecule has 9 heteroatoms. The molecule has 0 aliphatic carbocycles. The number of hydrogen-bond donors (Lipinski definition) is 2. The van der Waals surface area contributed by atoms with Gasteiger partial charge in [-0.2, -0.15) is 10.4 Å². The van der Waals surface area contributed by atoms with Gasteiger partial charge in [0.2, 0.25) is 5.95 Å². The summed E-state index contributed by atoms with van der Waals surface area (Å²) in [7, 11) is 1.57. The largest absolute Gasteiger partial charge is 0.493 e. The number of anilines is 1. The molecule has 0 saturated heterocycles. The molecule has 1 aromatic heterocycles. The van der Waals surface area contributed by atoms with Crippen LogP contribution in [0.2, 0.25) is 0 Å². The number of benzene rings is 2. The van der Waals surface area contributed by atoms with E-state index in [1.165, 1.54) is 0 Å². The van der Waals surface area contributed by atoms with Gasteiger partial charge < -0.3 is 9.47 Å². The highest BCUT2D eigenvalue weighted by Crippen LogP contribution is 2.36. The van der Waals surface area contributed by atoms with Crippen molar-refractivity contribution in [1.82, 2.24) is 9.97 Å². The maximum atomic E-state index is 12.3. The average Bonchev–Trinajstić information content (AvgIpc) is 2.80. The monoisotopic (exact) mass is 495 g/mol. The van der Waals surface area contributed by atoms with Gasteiger partial charge in [0.1, 0.15) is 11.6 Å². The van der Waals surface area contributed by atoms with Crippen LogP contribution in [0.1, 0.15) is 30.9 Å². The molecular weight excluding hydrogens is 474 g/mol. The van der Waals surface area contributed by atoms with Crippen molar-refractivity contribution in [3.05, 3.63) is 68.4 Å². The molecule has 0 bridgehead atoms. The molecule has 0 spiro atoms. The number of methoxy groups -OCH3 is 1. The quantitative estimate of drug-likeness (QED) is 0.252. The number of nitrogens with zero attached hydrogens (tertiary/aromatic N) is 3. The Morgan fingerprint density at radius 2 is 2.09 bits per heavy atom. The van der Waals surface area contributed by atoms with Gasteiger partial charge in [-0.05, 0) is 40.0 Å². The summed E-state index contributed by atoms with van der Waals surface area (Å²) in [5.41, 5.74) is 3.80. The smallest absolute Gasteiger partial charge is 0.270 e. The van der Waals surface area contributed by atoms with Crippen LogP contribution < -0.4 is 20.5 Å². The van der Waals surface area contributed by atoms with Gasteiger partial charge in [0, 0.05) is 5.56 Å². The zero-order valence-electron chi connectivity index (χ0n) is 17.7. The SMILES string of the molecule is CCCCOc1c(Br)cc(C=NNc2nc(-c3ccccc3)c(C#N)c(=O)[nH]2)cc1OC. The number of halogens is 1. The number of ether oxygens (including phenoxy) is 2. The number of nitriles is 1. The second-order valence-corrected chi connectivity index (χ2v) is 7.58. The molecule has 0 atom stereocenters. The van der Waals surface area contributed by atoms with E-state index in [1.54, 1.807) is 31.5 Å². The summed E-state index contributed by atoms with van der Waals surface area (Å²) in [4.78, 5) is 19.2. The first-order valence-electron chi connectivity index (χ1n) is 9.96. The molecule has 0 aliphatic rings. The second kappa shape index (κ2) is 11.1. The predicted molar refractivity (Wildman–Crippen MR) is 127 cm³/mol. The fourth-order valence-corrected chi connectivity index (χ4v) is 3.45. The molecular formula is C23H22BrN5O3. The number of aromatic nitrogens is 2. The van der Waals surface area contributed by atoms with E-state index < -0.39 is 5.56 Å². The normalized spacial score (nSPS) is 10.7. The molecule has 0 aliphatic heterocycles. The lowest BCUT2D eigenvalue weighted by Crippen LogP contribution is -2.16. The van der Waals surface area contributed by atoms with Crippen LogP contribution in [0.15, 0.2) is 56.8 Å². The third-order valence-corrected chi connectivity index (χ3v) is 5.05. The van der Waals surface area contributed by atoms with Gasteiger partial charge in [0.15, 0.2) is 11.5 Å². The molecule has 32 heavy (non-hydrogen) atoms. The predicted octanol–water partition coefficient (Wildman–Crippen LogP) is 4.70. The van der Waals surface area contributed by atoms with Crippen molar-refractivity contribution >= 4 is 28.1 Å². The van der Waals surface area contributed by atoms with E-state index in [9.17, 15) is 10.1 Å². The first-order valence-corrected chi connectivity index (χ1v) is 10.8. The molecule has 0 saturated carbocycles. The fourth-order valence-electron chi connectivity index (χ4n) is 2.88. The van der Waals surface area contributed by atoms with Crippen LogP contribution in [0.5, 0.6) is 11.5 Å². The molecule has 2 aromatic carbocycles. The molecule has 3 aromatic rings. The van der Waals surface area contributed by atoms with Crippen molar-refractivity contribution in [2.24, 2.45) is 5.10 Å². The second-order valence-electron chi connectivity index (χ2n) is 6.72. The molecule has 0 radical (unpaired) electrons. The van der Waals surface area contributed by atoms with Crippen molar-refractivity contribution in [1.29, 1.82) is 5.26 Å². The standard InChI is InChI=1S/C23H22BrN5O3/c1-3-4-10-32-21-18(24)11-15(12-19(21)31-2)14-26-29-23-27-20(16-8-6-5-7-9-16)17(13-25)22(30)28-23/h5-9,11-12,14H,3-4,10H2,1-2H3,(H2,27,28,29,30). The number of unbranched alkanes of at least 4 members (excludes halogenated alkanes) is 1. The molecule has 0 unspecified atom stereocenters. The van der Waals surface area contributed by atoms with E-state index in [2.05, 4.69) is 43.3 Å². The summed E-state index contributed by atoms with van der Waals surface area (Å²) < 4.78 is 12.0. The van der Waals surface area contributed by atoms with Gasteiger partial charge in [-0.25, -0.2) is 10.4 Å². The highest BCUT2D eigenvalue weighted by molar-refractivity contribution is 9.10. The molecule has 164 valence electrons. The van der Waals surface area contributed by atoms with Crippen LogP contribution in [-0.4, -0.2) is 29.9 Å². The Kier molecular flexibility index (Phi) is 8.00. The Morgan fingerprint density at radius 3 is 2.78 bits per heavy atom. The van der Waals surface area contributed by atoms with Crippen molar-refractivity contribution < 1.29 is 9.47 Å². The first kappa shape index (κ1) is 23.0. The van der Waals surface area contributed by atoms with E-state index in [4.69, 9.17) is 9.47 Å². The van der Waals surface area contributed by atoms with Gasteiger partial charge in [-0.15, -0.1) is 0 Å². The number of hydrogen-bond acceptors (Lipinski definition) is 7. The lowest BCUT2D eigenvalue weighted by atomic mass is 10.1. The van der Waals surface area contributed by atoms with Gasteiger partial charge in [0.25, 0.3) is 5.56 Å².